The van der Waals surface area contributed by atoms with Gasteiger partial charge in [0, 0.05) is 12.6 Å². The maximum atomic E-state index is 13.8. The van der Waals surface area contributed by atoms with E-state index in [0.717, 1.165) is 16.0 Å². The monoisotopic (exact) mass is 432 g/mol. The highest BCUT2D eigenvalue weighted by Crippen LogP contribution is 2.31. The molecule has 0 radical (unpaired) electrons. The second kappa shape index (κ2) is 10.3. The van der Waals surface area contributed by atoms with Crippen LogP contribution in [-0.4, -0.2) is 48.4 Å². The van der Waals surface area contributed by atoms with Crippen LogP contribution in [0.1, 0.15) is 24.5 Å². The topological polar surface area (TPSA) is 67.9 Å². The fourth-order valence-electron chi connectivity index (χ4n) is 3.84. The van der Waals surface area contributed by atoms with Crippen LogP contribution in [0.2, 0.25) is 0 Å². The zero-order chi connectivity index (χ0) is 22.4. The van der Waals surface area contributed by atoms with Crippen molar-refractivity contribution in [3.8, 4) is 5.75 Å². The van der Waals surface area contributed by atoms with E-state index in [2.05, 4.69) is 5.32 Å². The van der Waals surface area contributed by atoms with E-state index in [4.69, 9.17) is 9.47 Å². The predicted molar refractivity (Wildman–Crippen MR) is 111 cm³/mol. The average Bonchev–Trinajstić information content (AvgIpc) is 3.17. The van der Waals surface area contributed by atoms with E-state index in [9.17, 15) is 18.4 Å². The molecule has 0 aliphatic carbocycles. The first-order valence-corrected chi connectivity index (χ1v) is 10.0. The van der Waals surface area contributed by atoms with Gasteiger partial charge in [-0.25, -0.2) is 13.6 Å². The van der Waals surface area contributed by atoms with Gasteiger partial charge in [-0.2, -0.15) is 0 Å². The third-order valence-corrected chi connectivity index (χ3v) is 5.38. The Morgan fingerprint density at radius 2 is 1.77 bits per heavy atom. The van der Waals surface area contributed by atoms with Crippen molar-refractivity contribution in [3.63, 3.8) is 0 Å². The Bertz CT molecular complexity index is 877. The van der Waals surface area contributed by atoms with Crippen LogP contribution in [0.4, 0.5) is 13.6 Å². The van der Waals surface area contributed by atoms with Gasteiger partial charge in [-0.05, 0) is 36.6 Å². The molecule has 1 aliphatic heterocycles. The maximum absolute atomic E-state index is 13.8. The van der Waals surface area contributed by atoms with E-state index in [1.165, 1.54) is 6.92 Å². The number of carbonyl (C=O) groups excluding carboxylic acids is 2. The highest BCUT2D eigenvalue weighted by molar-refractivity contribution is 5.87. The number of carbonyl (C=O) groups is 2. The van der Waals surface area contributed by atoms with Crippen LogP contribution in [0, 0.1) is 0 Å². The van der Waals surface area contributed by atoms with Gasteiger partial charge in [0.25, 0.3) is 6.43 Å². The molecule has 1 fully saturated rings. The highest BCUT2D eigenvalue weighted by Gasteiger charge is 2.50. The van der Waals surface area contributed by atoms with Gasteiger partial charge in [0.2, 0.25) is 0 Å². The van der Waals surface area contributed by atoms with Crippen LogP contribution < -0.4 is 10.1 Å². The second-order valence-corrected chi connectivity index (χ2v) is 7.48. The fourth-order valence-corrected chi connectivity index (χ4v) is 3.84. The number of ether oxygens (including phenoxy) is 2. The number of likely N-dealkylation sites (tertiary alicyclic amines) is 1. The Hall–Kier alpha value is -3.00. The quantitative estimate of drug-likeness (QED) is 0.688. The van der Waals surface area contributed by atoms with Crippen LogP contribution in [0.5, 0.6) is 5.75 Å². The lowest BCUT2D eigenvalue weighted by molar-refractivity contribution is -0.122. The lowest BCUT2D eigenvalue weighted by Crippen LogP contribution is -2.51. The van der Waals surface area contributed by atoms with Gasteiger partial charge in [0.05, 0.1) is 13.2 Å². The molecule has 0 unspecified atom stereocenters. The van der Waals surface area contributed by atoms with Crippen LogP contribution in [0.3, 0.4) is 0 Å². The molecule has 2 aromatic carbocycles. The van der Waals surface area contributed by atoms with Crippen molar-refractivity contribution in [1.82, 2.24) is 10.2 Å². The summed E-state index contributed by atoms with van der Waals surface area (Å²) < 4.78 is 37.9. The smallest absolute Gasteiger partial charge is 0.411 e. The number of methoxy groups -OCH3 is 1. The van der Waals surface area contributed by atoms with Crippen molar-refractivity contribution in [2.75, 3.05) is 7.11 Å². The number of alkyl halides is 2. The van der Waals surface area contributed by atoms with Crippen molar-refractivity contribution in [2.24, 2.45) is 0 Å². The minimum absolute atomic E-state index is 0.0431. The van der Waals surface area contributed by atoms with Crippen LogP contribution in [0.15, 0.2) is 54.6 Å². The molecule has 8 heteroatoms. The molecule has 2 aromatic rings. The molecular formula is C23H26F2N2O4. The largest absolute Gasteiger partial charge is 0.497 e. The summed E-state index contributed by atoms with van der Waals surface area (Å²) in [5.41, 5.74) is 1.64. The Kier molecular flexibility index (Phi) is 7.57. The van der Waals surface area contributed by atoms with Crippen molar-refractivity contribution in [2.45, 2.75) is 51.0 Å². The van der Waals surface area contributed by atoms with Gasteiger partial charge in [-0.15, -0.1) is 0 Å². The molecule has 1 heterocycles. The number of halogens is 2. The third-order valence-electron chi connectivity index (χ3n) is 5.38. The number of rotatable bonds is 8. The first kappa shape index (κ1) is 22.7. The number of nitrogens with zero attached hydrogens (tertiary/aromatic N) is 1. The number of benzene rings is 2. The maximum Gasteiger partial charge on any atom is 0.411 e. The van der Waals surface area contributed by atoms with E-state index in [-0.39, 0.29) is 18.8 Å². The summed E-state index contributed by atoms with van der Waals surface area (Å²) in [4.78, 5) is 26.0. The lowest BCUT2D eigenvalue weighted by Gasteiger charge is -2.29. The summed E-state index contributed by atoms with van der Waals surface area (Å²) in [6.45, 7) is 1.61. The predicted octanol–water partition coefficient (Wildman–Crippen LogP) is 3.79. The first-order chi connectivity index (χ1) is 14.9. The number of hydrogen-bond acceptors (Lipinski definition) is 5. The Labute approximate surface area is 180 Å². The molecule has 166 valence electrons. The lowest BCUT2D eigenvalue weighted by atomic mass is 10.0. The summed E-state index contributed by atoms with van der Waals surface area (Å²) in [7, 11) is 1.57. The van der Waals surface area contributed by atoms with Gasteiger partial charge in [-0.1, -0.05) is 42.5 Å². The molecule has 0 spiro atoms. The highest BCUT2D eigenvalue weighted by atomic mass is 19.3. The van der Waals surface area contributed by atoms with E-state index in [0.29, 0.717) is 12.3 Å². The van der Waals surface area contributed by atoms with Crippen molar-refractivity contribution in [1.29, 1.82) is 0 Å². The first-order valence-electron chi connectivity index (χ1n) is 10.0. The van der Waals surface area contributed by atoms with E-state index in [1.54, 1.807) is 43.5 Å². The minimum atomic E-state index is -2.79. The summed E-state index contributed by atoms with van der Waals surface area (Å²) >= 11 is 0. The Balaban J connectivity index is 1.71. The molecule has 0 aromatic heterocycles. The number of amides is 1. The van der Waals surface area contributed by atoms with Crippen LogP contribution in [0.25, 0.3) is 0 Å². The van der Waals surface area contributed by atoms with E-state index < -0.39 is 30.6 Å². The minimum Gasteiger partial charge on any atom is -0.497 e. The molecule has 1 N–H and O–H groups in total. The van der Waals surface area contributed by atoms with Gasteiger partial charge in [-0.3, -0.25) is 9.69 Å². The van der Waals surface area contributed by atoms with Gasteiger partial charge in [0.1, 0.15) is 18.4 Å². The number of nitrogens with one attached hydrogen (secondary N) is 1. The summed E-state index contributed by atoms with van der Waals surface area (Å²) in [6, 6.07) is 13.2. The number of Topliss-reactive ketones (excluding diaryl/α,β-unsaturated/α-hetero) is 1. The van der Waals surface area contributed by atoms with Crippen molar-refractivity contribution >= 4 is 11.9 Å². The van der Waals surface area contributed by atoms with Crippen LogP contribution >= 0.6 is 0 Å². The van der Waals surface area contributed by atoms with E-state index in [1.807, 2.05) is 18.2 Å². The Morgan fingerprint density at radius 1 is 1.10 bits per heavy atom. The molecule has 3 atom stereocenters. The Morgan fingerprint density at radius 3 is 2.35 bits per heavy atom. The summed E-state index contributed by atoms with van der Waals surface area (Å²) in [5, 5.41) is 3.17. The normalized spacial score (nSPS) is 20.7. The number of ketones is 1. The molecule has 31 heavy (non-hydrogen) atoms. The van der Waals surface area contributed by atoms with Crippen molar-refractivity contribution in [3.05, 3.63) is 65.7 Å². The molecule has 1 saturated heterocycles. The second-order valence-electron chi connectivity index (χ2n) is 7.48. The third kappa shape index (κ3) is 5.58. The summed E-state index contributed by atoms with van der Waals surface area (Å²) in [5.74, 6) is 0.336. The molecule has 1 amide bonds. The fraction of sp³-hybridized carbons (Fsp3) is 0.391. The molecule has 0 saturated carbocycles. The standard InChI is InChI=1S/C23H26F2N2O4/c1-15(28)21-19(26-13-16-8-10-18(30-2)11-9-16)12-20(22(24)25)27(21)23(29)31-14-17-6-4-3-5-7-17/h3-11,19-22,26H,12-14H2,1-2H3/t19-,20-,21-/m0/s1. The van der Waals surface area contributed by atoms with E-state index >= 15 is 0 Å². The zero-order valence-corrected chi connectivity index (χ0v) is 17.5. The van der Waals surface area contributed by atoms with Gasteiger partial charge in [0.15, 0.2) is 5.78 Å². The van der Waals surface area contributed by atoms with Crippen LogP contribution in [-0.2, 0) is 22.7 Å². The summed E-state index contributed by atoms with van der Waals surface area (Å²) in [6.07, 6.45) is -3.75. The van der Waals surface area contributed by atoms with Crippen molar-refractivity contribution < 1.29 is 27.8 Å². The number of hydrogen-bond donors (Lipinski definition) is 1. The van der Waals surface area contributed by atoms with Gasteiger partial charge < -0.3 is 14.8 Å². The molecule has 0 bridgehead atoms. The molecular weight excluding hydrogens is 406 g/mol. The van der Waals surface area contributed by atoms with Gasteiger partial charge >= 0.3 is 6.09 Å². The SMILES string of the molecule is COc1ccc(CN[C@H]2C[C@@H](C(F)F)N(C(=O)OCc3ccccc3)[C@H]2C(C)=O)cc1. The average molecular weight is 432 g/mol. The molecule has 1 aliphatic rings. The zero-order valence-electron chi connectivity index (χ0n) is 17.5. The molecule has 3 rings (SSSR count). The molecule has 6 nitrogen and oxygen atoms in total.